The second-order valence-corrected chi connectivity index (χ2v) is 9.90. The molecule has 0 saturated heterocycles. The third-order valence-electron chi connectivity index (χ3n) is 6.76. The summed E-state index contributed by atoms with van der Waals surface area (Å²) in [5, 5.41) is 12.3. The lowest BCUT2D eigenvalue weighted by Gasteiger charge is -2.21. The van der Waals surface area contributed by atoms with Crippen LogP contribution in [0.2, 0.25) is 0 Å². The molecule has 34 heavy (non-hydrogen) atoms. The zero-order valence-electron chi connectivity index (χ0n) is 20.3. The van der Waals surface area contributed by atoms with Crippen molar-refractivity contribution in [3.8, 4) is 5.69 Å². The highest BCUT2D eigenvalue weighted by molar-refractivity contribution is 7.99. The topological polar surface area (TPSA) is 86.7 Å². The number of benzene rings is 1. The van der Waals surface area contributed by atoms with Crippen molar-refractivity contribution < 1.29 is 4.79 Å². The predicted molar refractivity (Wildman–Crippen MR) is 136 cm³/mol. The second kappa shape index (κ2) is 11.1. The molecular weight excluding hydrogens is 448 g/mol. The van der Waals surface area contributed by atoms with E-state index in [-0.39, 0.29) is 17.2 Å². The predicted octanol–water partition coefficient (Wildman–Crippen LogP) is 4.34. The maximum Gasteiger partial charge on any atom is 0.295 e. The van der Waals surface area contributed by atoms with Crippen molar-refractivity contribution >= 4 is 23.4 Å². The maximum absolute atomic E-state index is 13.0. The van der Waals surface area contributed by atoms with Gasteiger partial charge in [0.1, 0.15) is 11.5 Å². The highest BCUT2D eigenvalue weighted by atomic mass is 32.2. The monoisotopic (exact) mass is 482 g/mol. The number of aromatic nitrogens is 5. The number of hydrogen-bond acceptors (Lipinski definition) is 5. The van der Waals surface area contributed by atoms with Crippen LogP contribution in [-0.2, 0) is 24.8 Å². The Morgan fingerprint density at radius 3 is 2.59 bits per heavy atom. The summed E-state index contributed by atoms with van der Waals surface area (Å²) in [6.45, 7) is 4.68. The molecule has 1 N–H and O–H groups in total. The number of rotatable bonds is 9. The van der Waals surface area contributed by atoms with E-state index in [1.807, 2.05) is 44.3 Å². The molecule has 0 unspecified atom stereocenters. The molecule has 0 atom stereocenters. The van der Waals surface area contributed by atoms with Gasteiger partial charge in [0.15, 0.2) is 5.16 Å². The highest BCUT2D eigenvalue weighted by Gasteiger charge is 2.20. The van der Waals surface area contributed by atoms with Crippen LogP contribution in [0.3, 0.4) is 0 Å². The van der Waals surface area contributed by atoms with Gasteiger partial charge in [-0.25, -0.2) is 4.68 Å². The number of thioether (sulfide) groups is 1. The largest absolute Gasteiger partial charge is 0.319 e. The molecule has 9 heteroatoms. The van der Waals surface area contributed by atoms with Crippen LogP contribution in [-0.4, -0.2) is 35.8 Å². The first-order chi connectivity index (χ1) is 16.5. The van der Waals surface area contributed by atoms with E-state index in [1.165, 1.54) is 43.9 Å². The number of nitrogens with one attached hydrogen (secondary N) is 1. The van der Waals surface area contributed by atoms with E-state index in [9.17, 15) is 9.59 Å². The molecule has 3 aromatic rings. The first-order valence-corrected chi connectivity index (χ1v) is 13.2. The van der Waals surface area contributed by atoms with Crippen molar-refractivity contribution in [1.29, 1.82) is 0 Å². The Morgan fingerprint density at radius 1 is 1.15 bits per heavy atom. The van der Waals surface area contributed by atoms with Crippen LogP contribution in [0.5, 0.6) is 0 Å². The van der Waals surface area contributed by atoms with Gasteiger partial charge in [-0.3, -0.25) is 14.3 Å². The fourth-order valence-corrected chi connectivity index (χ4v) is 5.58. The maximum atomic E-state index is 13.0. The smallest absolute Gasteiger partial charge is 0.295 e. The van der Waals surface area contributed by atoms with Crippen LogP contribution >= 0.6 is 11.8 Å². The minimum absolute atomic E-state index is 0.167. The Morgan fingerprint density at radius 2 is 1.88 bits per heavy atom. The summed E-state index contributed by atoms with van der Waals surface area (Å²) in [5.41, 5.74) is 1.52. The van der Waals surface area contributed by atoms with Gasteiger partial charge in [0.25, 0.3) is 5.56 Å². The van der Waals surface area contributed by atoms with Crippen LogP contribution < -0.4 is 10.9 Å². The summed E-state index contributed by atoms with van der Waals surface area (Å²) < 4.78 is 5.42. The molecule has 0 spiro atoms. The molecule has 0 bridgehead atoms. The van der Waals surface area contributed by atoms with E-state index in [0.29, 0.717) is 11.4 Å². The summed E-state index contributed by atoms with van der Waals surface area (Å²) in [6, 6.07) is 9.40. The average Bonchev–Trinajstić information content (AvgIpc) is 3.35. The van der Waals surface area contributed by atoms with E-state index < -0.39 is 0 Å². The van der Waals surface area contributed by atoms with Crippen LogP contribution in [0.25, 0.3) is 5.69 Å². The summed E-state index contributed by atoms with van der Waals surface area (Å²) in [5.74, 6) is 1.73. The molecule has 2 aromatic heterocycles. The van der Waals surface area contributed by atoms with E-state index in [0.717, 1.165) is 42.0 Å². The number of anilines is 1. The molecule has 1 aliphatic carbocycles. The summed E-state index contributed by atoms with van der Waals surface area (Å²) >= 11 is 1.36. The molecule has 1 saturated carbocycles. The third-order valence-corrected chi connectivity index (χ3v) is 7.73. The molecule has 0 aliphatic heterocycles. The van der Waals surface area contributed by atoms with Crippen molar-refractivity contribution in [2.45, 2.75) is 70.5 Å². The molecule has 0 radical (unpaired) electrons. The normalized spacial score (nSPS) is 14.4. The molecule has 2 heterocycles. The third kappa shape index (κ3) is 5.29. The molecule has 1 amide bonds. The zero-order valence-corrected chi connectivity index (χ0v) is 21.1. The van der Waals surface area contributed by atoms with Gasteiger partial charge in [0, 0.05) is 20.0 Å². The SMILES string of the molecule is CCn1c(CCC2CCCCC2)nnc1SCC(=O)Nc1c(C)n(C)n(-c2ccccc2)c1=O. The van der Waals surface area contributed by atoms with Gasteiger partial charge in [0.05, 0.1) is 17.1 Å². The van der Waals surface area contributed by atoms with Crippen molar-refractivity contribution in [2.75, 3.05) is 11.1 Å². The van der Waals surface area contributed by atoms with Crippen LogP contribution in [0, 0.1) is 12.8 Å². The van der Waals surface area contributed by atoms with E-state index in [2.05, 4.69) is 27.0 Å². The van der Waals surface area contributed by atoms with Crippen LogP contribution in [0.15, 0.2) is 40.3 Å². The fourth-order valence-electron chi connectivity index (χ4n) is 4.76. The first-order valence-electron chi connectivity index (χ1n) is 12.2. The number of amides is 1. The standard InChI is InChI=1S/C25H34N6O2S/c1-4-30-21(16-15-19-11-7-5-8-12-19)27-28-25(30)34-17-22(32)26-23-18(2)29(3)31(24(23)33)20-13-9-6-10-14-20/h6,9-10,13-14,19H,4-5,7-8,11-12,15-17H2,1-3H3,(H,26,32). The number of carbonyl (C=O) groups is 1. The van der Waals surface area contributed by atoms with Crippen molar-refractivity contribution in [3.63, 3.8) is 0 Å². The molecule has 182 valence electrons. The summed E-state index contributed by atoms with van der Waals surface area (Å²) in [7, 11) is 1.81. The van der Waals surface area contributed by atoms with Gasteiger partial charge < -0.3 is 9.88 Å². The molecule has 1 aliphatic rings. The van der Waals surface area contributed by atoms with Gasteiger partial charge in [-0.2, -0.15) is 0 Å². The first kappa shape index (κ1) is 24.3. The quantitative estimate of drug-likeness (QED) is 0.459. The molecular formula is C25H34N6O2S. The Hall–Kier alpha value is -2.81. The number of hydrogen-bond donors (Lipinski definition) is 1. The molecule has 4 rings (SSSR count). The highest BCUT2D eigenvalue weighted by Crippen LogP contribution is 2.28. The number of aryl methyl sites for hydroxylation is 1. The molecule has 1 fully saturated rings. The fraction of sp³-hybridized carbons (Fsp3) is 0.520. The van der Waals surface area contributed by atoms with Gasteiger partial charge >= 0.3 is 0 Å². The van der Waals surface area contributed by atoms with Crippen molar-refractivity contribution in [2.24, 2.45) is 13.0 Å². The molecule has 8 nitrogen and oxygen atoms in total. The van der Waals surface area contributed by atoms with Crippen molar-refractivity contribution in [3.05, 3.63) is 52.2 Å². The zero-order chi connectivity index (χ0) is 24.1. The number of nitrogens with zero attached hydrogens (tertiary/aromatic N) is 5. The lowest BCUT2D eigenvalue weighted by Crippen LogP contribution is -2.23. The van der Waals surface area contributed by atoms with E-state index in [4.69, 9.17) is 0 Å². The second-order valence-electron chi connectivity index (χ2n) is 8.96. The van der Waals surface area contributed by atoms with Crippen molar-refractivity contribution in [1.82, 2.24) is 24.1 Å². The summed E-state index contributed by atoms with van der Waals surface area (Å²) in [4.78, 5) is 25.8. The minimum Gasteiger partial charge on any atom is -0.319 e. The van der Waals surface area contributed by atoms with Gasteiger partial charge in [-0.1, -0.05) is 62.1 Å². The summed E-state index contributed by atoms with van der Waals surface area (Å²) in [6.07, 6.45) is 8.80. The Kier molecular flexibility index (Phi) is 7.92. The molecule has 1 aromatic carbocycles. The lowest BCUT2D eigenvalue weighted by atomic mass is 9.86. The van der Waals surface area contributed by atoms with E-state index >= 15 is 0 Å². The number of carbonyl (C=O) groups excluding carboxylic acids is 1. The van der Waals surface area contributed by atoms with Crippen LogP contribution in [0.1, 0.15) is 57.0 Å². The lowest BCUT2D eigenvalue weighted by molar-refractivity contribution is -0.113. The van der Waals surface area contributed by atoms with Gasteiger partial charge in [-0.15, -0.1) is 10.2 Å². The Balaban J connectivity index is 1.39. The Labute approximate surface area is 204 Å². The van der Waals surface area contributed by atoms with Gasteiger partial charge in [-0.05, 0) is 38.3 Å². The number of para-hydroxylation sites is 1. The van der Waals surface area contributed by atoms with Crippen LogP contribution in [0.4, 0.5) is 5.69 Å². The minimum atomic E-state index is -0.244. The Bertz CT molecular complexity index is 1170. The van der Waals surface area contributed by atoms with Gasteiger partial charge in [0.2, 0.25) is 5.91 Å². The van der Waals surface area contributed by atoms with E-state index in [1.54, 1.807) is 9.36 Å². The average molecular weight is 483 g/mol.